The molecule has 0 saturated carbocycles. The smallest absolute Gasteiger partial charge is 0.303 e. The summed E-state index contributed by atoms with van der Waals surface area (Å²) in [4.78, 5) is 18.8. The zero-order valence-electron chi connectivity index (χ0n) is 20.3. The van der Waals surface area contributed by atoms with E-state index in [1.54, 1.807) is 19.4 Å². The minimum absolute atomic E-state index is 0.127. The van der Waals surface area contributed by atoms with Crippen LogP contribution in [-0.2, 0) is 4.79 Å². The van der Waals surface area contributed by atoms with Crippen molar-refractivity contribution in [3.8, 4) is 17.6 Å². The van der Waals surface area contributed by atoms with Crippen LogP contribution >= 0.6 is 22.9 Å². The number of hydrogen-bond acceptors (Lipinski definition) is 5. The highest BCUT2D eigenvalue weighted by Gasteiger charge is 2.30. The fourth-order valence-electron chi connectivity index (χ4n) is 5.00. The fourth-order valence-corrected chi connectivity index (χ4v) is 5.92. The molecule has 0 spiro atoms. The SMILES string of the molecule is COc1ccc2nccc([C@H](F)CC[C@@H]3CCN(CC#Cc4ccc(Cl)s4)C[C@H]3CCC(=O)O)c2c1. The summed E-state index contributed by atoms with van der Waals surface area (Å²) in [7, 11) is 1.59. The molecule has 8 heteroatoms. The Labute approximate surface area is 220 Å². The van der Waals surface area contributed by atoms with Crippen LogP contribution in [0.3, 0.4) is 0 Å². The van der Waals surface area contributed by atoms with Gasteiger partial charge in [0.1, 0.15) is 11.9 Å². The van der Waals surface area contributed by atoms with Gasteiger partial charge in [-0.3, -0.25) is 14.7 Å². The maximum Gasteiger partial charge on any atom is 0.303 e. The van der Waals surface area contributed by atoms with Crippen molar-refractivity contribution in [3.63, 3.8) is 0 Å². The van der Waals surface area contributed by atoms with Crippen LogP contribution in [0, 0.1) is 23.7 Å². The maximum absolute atomic E-state index is 15.5. The highest BCUT2D eigenvalue weighted by Crippen LogP contribution is 2.36. The van der Waals surface area contributed by atoms with E-state index in [1.807, 2.05) is 30.3 Å². The normalized spacial score (nSPS) is 19.0. The number of ether oxygens (including phenoxy) is 1. The molecular formula is C28H30ClFN2O3S. The number of carboxylic acids is 1. The van der Waals surface area contributed by atoms with Crippen molar-refractivity contribution in [3.05, 3.63) is 57.4 Å². The Hall–Kier alpha value is -2.66. The number of carboxylic acid groups (broad SMARTS) is 1. The average Bonchev–Trinajstić information content (AvgIpc) is 3.30. The van der Waals surface area contributed by atoms with Gasteiger partial charge in [0.2, 0.25) is 0 Å². The number of nitrogens with zero attached hydrogens (tertiary/aromatic N) is 2. The van der Waals surface area contributed by atoms with Gasteiger partial charge in [-0.2, -0.15) is 0 Å². The van der Waals surface area contributed by atoms with Gasteiger partial charge in [-0.05, 0) is 86.0 Å². The number of alkyl halides is 1. The molecule has 0 amide bonds. The largest absolute Gasteiger partial charge is 0.497 e. The summed E-state index contributed by atoms with van der Waals surface area (Å²) in [5.74, 6) is 6.74. The third-order valence-electron chi connectivity index (χ3n) is 6.90. The Morgan fingerprint density at radius 1 is 1.31 bits per heavy atom. The molecule has 4 rings (SSSR count). The fraction of sp³-hybridized carbons (Fsp3) is 0.429. The molecule has 3 heterocycles. The van der Waals surface area contributed by atoms with E-state index in [0.717, 1.165) is 39.6 Å². The monoisotopic (exact) mass is 528 g/mol. The topological polar surface area (TPSA) is 62.7 Å². The van der Waals surface area contributed by atoms with Crippen molar-refractivity contribution >= 4 is 39.8 Å². The second-order valence-corrected chi connectivity index (χ2v) is 10.9. The second kappa shape index (κ2) is 12.5. The summed E-state index contributed by atoms with van der Waals surface area (Å²) in [6, 6.07) is 11.0. The van der Waals surface area contributed by atoms with Gasteiger partial charge in [0.15, 0.2) is 0 Å². The number of aromatic nitrogens is 1. The van der Waals surface area contributed by atoms with E-state index >= 15 is 4.39 Å². The first-order valence-electron chi connectivity index (χ1n) is 12.2. The predicted molar refractivity (Wildman–Crippen MR) is 142 cm³/mol. The van der Waals surface area contributed by atoms with Gasteiger partial charge in [-0.25, -0.2) is 4.39 Å². The molecule has 1 fully saturated rings. The van der Waals surface area contributed by atoms with Crippen molar-refractivity contribution in [2.45, 2.75) is 38.3 Å². The molecule has 2 aromatic heterocycles. The first-order valence-corrected chi connectivity index (χ1v) is 13.4. The van der Waals surface area contributed by atoms with E-state index in [1.165, 1.54) is 11.3 Å². The number of piperidine rings is 1. The Morgan fingerprint density at radius 3 is 2.92 bits per heavy atom. The van der Waals surface area contributed by atoms with Crippen LogP contribution in [0.25, 0.3) is 10.9 Å². The van der Waals surface area contributed by atoms with Crippen molar-refractivity contribution in [2.24, 2.45) is 11.8 Å². The van der Waals surface area contributed by atoms with Crippen LogP contribution in [0.5, 0.6) is 5.75 Å². The quantitative estimate of drug-likeness (QED) is 0.317. The lowest BCUT2D eigenvalue weighted by atomic mass is 9.79. The lowest BCUT2D eigenvalue weighted by Gasteiger charge is -2.38. The van der Waals surface area contributed by atoms with Crippen LogP contribution in [0.1, 0.15) is 48.7 Å². The number of hydrogen-bond donors (Lipinski definition) is 1. The number of carbonyl (C=O) groups is 1. The number of rotatable bonds is 9. The van der Waals surface area contributed by atoms with Gasteiger partial charge in [-0.1, -0.05) is 23.4 Å². The highest BCUT2D eigenvalue weighted by atomic mass is 35.5. The van der Waals surface area contributed by atoms with Crippen LogP contribution in [0.4, 0.5) is 4.39 Å². The minimum atomic E-state index is -1.12. The zero-order valence-corrected chi connectivity index (χ0v) is 21.8. The third kappa shape index (κ3) is 6.97. The molecule has 1 aliphatic rings. The Balaban J connectivity index is 1.39. The molecule has 5 nitrogen and oxygen atoms in total. The molecule has 1 aromatic carbocycles. The van der Waals surface area contributed by atoms with E-state index in [-0.39, 0.29) is 18.3 Å². The first-order chi connectivity index (χ1) is 17.4. The van der Waals surface area contributed by atoms with Crippen molar-refractivity contribution in [2.75, 3.05) is 26.7 Å². The van der Waals surface area contributed by atoms with Crippen LogP contribution in [0.15, 0.2) is 42.6 Å². The van der Waals surface area contributed by atoms with Gasteiger partial charge in [0, 0.05) is 24.5 Å². The number of thiophene rings is 1. The molecule has 1 N–H and O–H groups in total. The molecule has 3 aromatic rings. The van der Waals surface area contributed by atoms with E-state index in [2.05, 4.69) is 21.7 Å². The lowest BCUT2D eigenvalue weighted by Crippen LogP contribution is -2.41. The molecule has 0 bridgehead atoms. The summed E-state index contributed by atoms with van der Waals surface area (Å²) in [6.45, 7) is 2.28. The molecule has 36 heavy (non-hydrogen) atoms. The van der Waals surface area contributed by atoms with E-state index in [9.17, 15) is 9.90 Å². The van der Waals surface area contributed by atoms with E-state index < -0.39 is 12.1 Å². The summed E-state index contributed by atoms with van der Waals surface area (Å²) in [5.41, 5.74) is 1.37. The Morgan fingerprint density at radius 2 is 2.17 bits per heavy atom. The molecule has 190 valence electrons. The van der Waals surface area contributed by atoms with Crippen molar-refractivity contribution < 1.29 is 19.0 Å². The maximum atomic E-state index is 15.5. The van der Waals surface area contributed by atoms with Gasteiger partial charge in [-0.15, -0.1) is 11.3 Å². The second-order valence-electron chi connectivity index (χ2n) is 9.21. The van der Waals surface area contributed by atoms with Crippen LogP contribution in [-0.4, -0.2) is 47.7 Å². The van der Waals surface area contributed by atoms with Crippen LogP contribution < -0.4 is 4.74 Å². The molecule has 1 aliphatic heterocycles. The molecule has 0 radical (unpaired) electrons. The molecule has 3 atom stereocenters. The molecule has 0 unspecified atom stereocenters. The summed E-state index contributed by atoms with van der Waals surface area (Å²) < 4.78 is 21.5. The predicted octanol–water partition coefficient (Wildman–Crippen LogP) is 6.60. The zero-order chi connectivity index (χ0) is 25.5. The lowest BCUT2D eigenvalue weighted by molar-refractivity contribution is -0.137. The highest BCUT2D eigenvalue weighted by molar-refractivity contribution is 7.16. The van der Waals surface area contributed by atoms with Crippen molar-refractivity contribution in [1.82, 2.24) is 9.88 Å². The summed E-state index contributed by atoms with van der Waals surface area (Å²) in [6.07, 6.45) is 3.27. The van der Waals surface area contributed by atoms with Crippen LogP contribution in [0.2, 0.25) is 4.34 Å². The van der Waals surface area contributed by atoms with E-state index in [0.29, 0.717) is 37.1 Å². The number of aliphatic carboxylic acids is 1. The minimum Gasteiger partial charge on any atom is -0.497 e. The third-order valence-corrected chi connectivity index (χ3v) is 8.05. The number of likely N-dealkylation sites (tertiary alicyclic amines) is 1. The Kier molecular flexibility index (Phi) is 9.19. The van der Waals surface area contributed by atoms with Gasteiger partial charge in [0.25, 0.3) is 0 Å². The van der Waals surface area contributed by atoms with Crippen molar-refractivity contribution in [1.29, 1.82) is 0 Å². The first kappa shape index (κ1) is 26.4. The number of pyridine rings is 1. The molecular weight excluding hydrogens is 499 g/mol. The molecule has 0 aliphatic carbocycles. The summed E-state index contributed by atoms with van der Waals surface area (Å²) in [5, 5.41) is 10.0. The van der Waals surface area contributed by atoms with E-state index in [4.69, 9.17) is 16.3 Å². The average molecular weight is 529 g/mol. The summed E-state index contributed by atoms with van der Waals surface area (Å²) >= 11 is 7.43. The number of fused-ring (bicyclic) bond motifs is 1. The van der Waals surface area contributed by atoms with Gasteiger partial charge >= 0.3 is 5.97 Å². The number of halogens is 2. The standard InChI is InChI=1S/C28H30ClFN2O3S/c1-35-21-6-9-26-24(17-21)23(12-14-31-26)25(30)8-4-19-13-16-32(18-20(19)5-11-28(33)34)15-2-3-22-7-10-27(29)36-22/h6-7,9-10,12,14,17,19-20,25H,4-5,8,11,13,15-16,18H2,1H3,(H,33,34)/t19-,20-,25-/m1/s1. The number of benzene rings is 1. The molecule has 1 saturated heterocycles. The van der Waals surface area contributed by atoms with Gasteiger partial charge < -0.3 is 9.84 Å². The Bertz CT molecular complexity index is 1250. The van der Waals surface area contributed by atoms with Gasteiger partial charge in [0.05, 0.1) is 28.4 Å². The number of methoxy groups -OCH3 is 1.